The zero-order valence-corrected chi connectivity index (χ0v) is 19.0. The Morgan fingerprint density at radius 1 is 1.18 bits per heavy atom. The number of halogens is 1. The van der Waals surface area contributed by atoms with Crippen LogP contribution in [0.25, 0.3) is 21.9 Å². The standard InChI is InChI=1S/C26H28FN5O/c1-4-5-20(12-18(2)27)26(33)30-25-14-22-13-19(6-7-21(22)15-28-25)23-16-29-32(17-23)24-8-10-31(3)11-9-24/h4-7,12-17,24H,1,8-11H2,2-3H3,(H,28,30,33)/b18-12+,20-5+. The highest BCUT2D eigenvalue weighted by Gasteiger charge is 2.19. The number of carbonyl (C=O) groups excluding carboxylic acids is 1. The van der Waals surface area contributed by atoms with E-state index >= 15 is 0 Å². The molecule has 6 nitrogen and oxygen atoms in total. The van der Waals surface area contributed by atoms with E-state index in [0.29, 0.717) is 11.9 Å². The maximum absolute atomic E-state index is 13.3. The second-order valence-corrected chi connectivity index (χ2v) is 8.42. The highest BCUT2D eigenvalue weighted by molar-refractivity contribution is 6.06. The number of hydrogen-bond acceptors (Lipinski definition) is 4. The van der Waals surface area contributed by atoms with Crippen molar-refractivity contribution in [3.05, 3.63) is 79.1 Å². The lowest BCUT2D eigenvalue weighted by atomic mass is 10.0. The number of aromatic nitrogens is 3. The first-order valence-electron chi connectivity index (χ1n) is 11.0. The predicted octanol–water partition coefficient (Wildman–Crippen LogP) is 5.29. The molecule has 0 radical (unpaired) electrons. The molecule has 1 amide bonds. The molecule has 1 saturated heterocycles. The van der Waals surface area contributed by atoms with Crippen LogP contribution < -0.4 is 5.32 Å². The summed E-state index contributed by atoms with van der Waals surface area (Å²) in [6.07, 6.45) is 12.0. The molecular formula is C26H28FN5O. The van der Waals surface area contributed by atoms with Gasteiger partial charge in [-0.2, -0.15) is 5.10 Å². The summed E-state index contributed by atoms with van der Waals surface area (Å²) in [6.45, 7) is 7.04. The lowest BCUT2D eigenvalue weighted by molar-refractivity contribution is -0.112. The Morgan fingerprint density at radius 2 is 1.97 bits per heavy atom. The molecule has 0 aliphatic carbocycles. The first-order valence-corrected chi connectivity index (χ1v) is 11.0. The Hall–Kier alpha value is -3.58. The predicted molar refractivity (Wildman–Crippen MR) is 131 cm³/mol. The van der Waals surface area contributed by atoms with E-state index in [0.717, 1.165) is 53.9 Å². The first kappa shape index (κ1) is 22.6. The van der Waals surface area contributed by atoms with Gasteiger partial charge >= 0.3 is 0 Å². The van der Waals surface area contributed by atoms with E-state index in [2.05, 4.69) is 56.9 Å². The largest absolute Gasteiger partial charge is 0.307 e. The van der Waals surface area contributed by atoms with Crippen LogP contribution in [0.4, 0.5) is 10.2 Å². The minimum absolute atomic E-state index is 0.168. The summed E-state index contributed by atoms with van der Waals surface area (Å²) in [4.78, 5) is 19.2. The van der Waals surface area contributed by atoms with Gasteiger partial charge in [-0.05, 0) is 75.1 Å². The topological polar surface area (TPSA) is 63.1 Å². The molecule has 0 unspecified atom stereocenters. The third kappa shape index (κ3) is 5.43. The number of fused-ring (bicyclic) bond motifs is 1. The number of nitrogens with zero attached hydrogens (tertiary/aromatic N) is 4. The Morgan fingerprint density at radius 3 is 2.70 bits per heavy atom. The normalized spacial score (nSPS) is 16.2. The molecule has 0 spiro atoms. The number of hydrogen-bond donors (Lipinski definition) is 1. The van der Waals surface area contributed by atoms with E-state index in [1.807, 2.05) is 18.3 Å². The van der Waals surface area contributed by atoms with Gasteiger partial charge in [-0.15, -0.1) is 0 Å². The van der Waals surface area contributed by atoms with Gasteiger partial charge < -0.3 is 10.2 Å². The summed E-state index contributed by atoms with van der Waals surface area (Å²) in [7, 11) is 2.15. The van der Waals surface area contributed by atoms with Gasteiger partial charge in [0.1, 0.15) is 5.82 Å². The minimum Gasteiger partial charge on any atom is -0.307 e. The Balaban J connectivity index is 1.56. The van der Waals surface area contributed by atoms with Gasteiger partial charge in [0.25, 0.3) is 5.91 Å². The fraction of sp³-hybridized carbons (Fsp3) is 0.269. The number of allylic oxidation sites excluding steroid dienone is 3. The smallest absolute Gasteiger partial charge is 0.256 e. The molecule has 1 aliphatic heterocycles. The Kier molecular flexibility index (Phi) is 6.79. The number of carbonyl (C=O) groups is 1. The summed E-state index contributed by atoms with van der Waals surface area (Å²) in [5.74, 6) is -0.518. The van der Waals surface area contributed by atoms with E-state index < -0.39 is 11.7 Å². The van der Waals surface area contributed by atoms with E-state index in [4.69, 9.17) is 0 Å². The van der Waals surface area contributed by atoms with Crippen LogP contribution in [-0.2, 0) is 4.79 Å². The van der Waals surface area contributed by atoms with Crippen molar-refractivity contribution in [1.82, 2.24) is 19.7 Å². The minimum atomic E-state index is -0.463. The number of amides is 1. The van der Waals surface area contributed by atoms with Crippen molar-refractivity contribution in [2.45, 2.75) is 25.8 Å². The van der Waals surface area contributed by atoms with Crippen LogP contribution in [0.2, 0.25) is 0 Å². The van der Waals surface area contributed by atoms with Crippen molar-refractivity contribution in [2.24, 2.45) is 0 Å². The number of benzene rings is 1. The van der Waals surface area contributed by atoms with Gasteiger partial charge in [-0.3, -0.25) is 9.48 Å². The summed E-state index contributed by atoms with van der Waals surface area (Å²) < 4.78 is 15.4. The zero-order chi connectivity index (χ0) is 23.4. The quantitative estimate of drug-likeness (QED) is 0.414. The van der Waals surface area contributed by atoms with Crippen molar-refractivity contribution in [3.8, 4) is 11.1 Å². The Bertz CT molecular complexity index is 1230. The molecule has 0 bridgehead atoms. The maximum atomic E-state index is 13.3. The van der Waals surface area contributed by atoms with E-state index in [1.165, 1.54) is 19.1 Å². The lowest BCUT2D eigenvalue weighted by Gasteiger charge is -2.28. The highest BCUT2D eigenvalue weighted by Crippen LogP contribution is 2.28. The summed E-state index contributed by atoms with van der Waals surface area (Å²) >= 11 is 0. The fourth-order valence-corrected chi connectivity index (χ4v) is 4.05. The van der Waals surface area contributed by atoms with Gasteiger partial charge in [-0.1, -0.05) is 24.8 Å². The van der Waals surface area contributed by atoms with Crippen LogP contribution in [0.1, 0.15) is 25.8 Å². The van der Waals surface area contributed by atoms with Crippen molar-refractivity contribution in [3.63, 3.8) is 0 Å². The molecule has 0 atom stereocenters. The SMILES string of the molecule is C=C/C=C(\C=C(/C)F)C(=O)Nc1cc2cc(-c3cnn(C4CCN(C)CC4)c3)ccc2cn1. The number of likely N-dealkylation sites (tertiary alicyclic amines) is 1. The second kappa shape index (κ2) is 9.92. The molecule has 1 aromatic carbocycles. The van der Waals surface area contributed by atoms with Crippen LogP contribution in [-0.4, -0.2) is 45.7 Å². The molecular weight excluding hydrogens is 417 g/mol. The number of nitrogens with one attached hydrogen (secondary N) is 1. The highest BCUT2D eigenvalue weighted by atomic mass is 19.1. The van der Waals surface area contributed by atoms with E-state index in [-0.39, 0.29) is 5.57 Å². The van der Waals surface area contributed by atoms with Crippen LogP contribution >= 0.6 is 0 Å². The van der Waals surface area contributed by atoms with Gasteiger partial charge in [0.15, 0.2) is 0 Å². The number of anilines is 1. The molecule has 1 aliphatic rings. The van der Waals surface area contributed by atoms with Gasteiger partial charge in [0.05, 0.1) is 18.1 Å². The van der Waals surface area contributed by atoms with Crippen molar-refractivity contribution < 1.29 is 9.18 Å². The molecule has 1 N–H and O–H groups in total. The van der Waals surface area contributed by atoms with Crippen LogP contribution in [0.5, 0.6) is 0 Å². The number of pyridine rings is 1. The van der Waals surface area contributed by atoms with Crippen LogP contribution in [0, 0.1) is 0 Å². The first-order chi connectivity index (χ1) is 15.9. The maximum Gasteiger partial charge on any atom is 0.256 e. The average molecular weight is 446 g/mol. The number of rotatable bonds is 6. The fourth-order valence-electron chi connectivity index (χ4n) is 4.05. The summed E-state index contributed by atoms with van der Waals surface area (Å²) in [6, 6.07) is 8.37. The molecule has 1 fully saturated rings. The molecule has 7 heteroatoms. The van der Waals surface area contributed by atoms with Crippen molar-refractivity contribution in [2.75, 3.05) is 25.5 Å². The van der Waals surface area contributed by atoms with Gasteiger partial charge in [0, 0.05) is 28.9 Å². The molecule has 3 heterocycles. The third-order valence-electron chi connectivity index (χ3n) is 5.87. The lowest BCUT2D eigenvalue weighted by Crippen LogP contribution is -2.31. The molecule has 0 saturated carbocycles. The Labute approximate surface area is 193 Å². The van der Waals surface area contributed by atoms with Crippen molar-refractivity contribution >= 4 is 22.5 Å². The molecule has 170 valence electrons. The van der Waals surface area contributed by atoms with E-state index in [9.17, 15) is 9.18 Å². The molecule has 4 rings (SSSR count). The van der Waals surface area contributed by atoms with E-state index in [1.54, 1.807) is 6.20 Å². The molecule has 2 aromatic heterocycles. The van der Waals surface area contributed by atoms with Crippen molar-refractivity contribution in [1.29, 1.82) is 0 Å². The second-order valence-electron chi connectivity index (χ2n) is 8.42. The van der Waals surface area contributed by atoms with Gasteiger partial charge in [0.2, 0.25) is 0 Å². The van der Waals surface area contributed by atoms with Gasteiger partial charge in [-0.25, -0.2) is 9.37 Å². The van der Waals surface area contributed by atoms with Crippen LogP contribution in [0.15, 0.2) is 79.1 Å². The number of piperidine rings is 1. The zero-order valence-electron chi connectivity index (χ0n) is 19.0. The van der Waals surface area contributed by atoms with Crippen LogP contribution in [0.3, 0.4) is 0 Å². The third-order valence-corrected chi connectivity index (χ3v) is 5.87. The summed E-state index contributed by atoms with van der Waals surface area (Å²) in [5.41, 5.74) is 2.27. The summed E-state index contributed by atoms with van der Waals surface area (Å²) in [5, 5.41) is 9.25. The molecule has 3 aromatic rings. The molecule has 33 heavy (non-hydrogen) atoms. The average Bonchev–Trinajstić information content (AvgIpc) is 3.29. The monoisotopic (exact) mass is 445 g/mol.